The summed E-state index contributed by atoms with van der Waals surface area (Å²) in [7, 11) is 0. The van der Waals surface area contributed by atoms with Crippen LogP contribution in [0.2, 0.25) is 0 Å². The minimum atomic E-state index is -0.131. The Labute approximate surface area is 215 Å². The molecule has 0 rings (SSSR count). The summed E-state index contributed by atoms with van der Waals surface area (Å²) in [4.78, 5) is 11.6. The van der Waals surface area contributed by atoms with Crippen molar-refractivity contribution in [2.75, 3.05) is 72.7 Å². The SMILES string of the molecule is CCCCCCCCCCOCCOCCOCCOCCOCCOC(=O)CCCCCCC. The summed E-state index contributed by atoms with van der Waals surface area (Å²) in [5.74, 6) is -0.131. The number of ether oxygens (including phenoxy) is 6. The summed E-state index contributed by atoms with van der Waals surface area (Å²) < 4.78 is 32.6. The van der Waals surface area contributed by atoms with E-state index >= 15 is 0 Å². The molecule has 0 bridgehead atoms. The van der Waals surface area contributed by atoms with E-state index in [0.717, 1.165) is 25.9 Å². The molecule has 0 aliphatic rings. The largest absolute Gasteiger partial charge is 0.463 e. The van der Waals surface area contributed by atoms with Gasteiger partial charge in [-0.3, -0.25) is 4.79 Å². The Balaban J connectivity index is 3.08. The number of carbonyl (C=O) groups is 1. The number of esters is 1. The molecule has 0 heterocycles. The Morgan fingerprint density at radius 1 is 0.400 bits per heavy atom. The van der Waals surface area contributed by atoms with Crippen LogP contribution >= 0.6 is 0 Å². The highest BCUT2D eigenvalue weighted by molar-refractivity contribution is 5.69. The van der Waals surface area contributed by atoms with Gasteiger partial charge in [0.1, 0.15) is 6.61 Å². The minimum absolute atomic E-state index is 0.131. The third-order valence-electron chi connectivity index (χ3n) is 5.61. The highest BCUT2D eigenvalue weighted by Crippen LogP contribution is 2.08. The summed E-state index contributed by atoms with van der Waals surface area (Å²) in [6.07, 6.45) is 16.7. The summed E-state index contributed by atoms with van der Waals surface area (Å²) in [5.41, 5.74) is 0. The standard InChI is InChI=1S/C28H56O7/c1-3-5-7-9-10-11-13-15-17-30-18-19-31-20-21-32-22-23-33-24-25-34-26-27-35-28(29)16-14-12-8-6-4-2/h3-27H2,1-2H3. The van der Waals surface area contributed by atoms with Crippen molar-refractivity contribution in [1.29, 1.82) is 0 Å². The first kappa shape index (κ1) is 34.3. The average molecular weight is 505 g/mol. The molecule has 0 atom stereocenters. The maximum atomic E-state index is 11.6. The highest BCUT2D eigenvalue weighted by Gasteiger charge is 2.02. The van der Waals surface area contributed by atoms with Gasteiger partial charge in [-0.25, -0.2) is 0 Å². The van der Waals surface area contributed by atoms with E-state index in [2.05, 4.69) is 13.8 Å². The molecule has 0 aromatic heterocycles. The molecule has 7 heteroatoms. The van der Waals surface area contributed by atoms with Crippen LogP contribution in [0.4, 0.5) is 0 Å². The van der Waals surface area contributed by atoms with E-state index < -0.39 is 0 Å². The molecule has 0 fully saturated rings. The molecule has 0 aliphatic heterocycles. The first-order valence-corrected chi connectivity index (χ1v) is 14.4. The monoisotopic (exact) mass is 504 g/mol. The van der Waals surface area contributed by atoms with Crippen LogP contribution in [0.1, 0.15) is 104 Å². The Morgan fingerprint density at radius 2 is 0.743 bits per heavy atom. The van der Waals surface area contributed by atoms with Gasteiger partial charge in [0.05, 0.1) is 59.5 Å². The predicted molar refractivity (Wildman–Crippen MR) is 141 cm³/mol. The van der Waals surface area contributed by atoms with Gasteiger partial charge in [0.2, 0.25) is 0 Å². The summed E-state index contributed by atoms with van der Waals surface area (Å²) in [5, 5.41) is 0. The maximum absolute atomic E-state index is 11.6. The molecule has 0 radical (unpaired) electrons. The van der Waals surface area contributed by atoms with Crippen LogP contribution < -0.4 is 0 Å². The van der Waals surface area contributed by atoms with Crippen LogP contribution in [0.25, 0.3) is 0 Å². The zero-order chi connectivity index (χ0) is 25.5. The average Bonchev–Trinajstić information content (AvgIpc) is 2.86. The molecular formula is C28H56O7. The lowest BCUT2D eigenvalue weighted by Gasteiger charge is -2.08. The first-order chi connectivity index (χ1) is 17.3. The van der Waals surface area contributed by atoms with Crippen molar-refractivity contribution in [3.63, 3.8) is 0 Å². The predicted octanol–water partition coefficient (Wildman–Crippen LogP) is 6.11. The number of unbranched alkanes of at least 4 members (excludes halogenated alkanes) is 11. The Hall–Kier alpha value is -0.730. The Bertz CT molecular complexity index is 407. The molecule has 7 nitrogen and oxygen atoms in total. The molecule has 0 saturated carbocycles. The lowest BCUT2D eigenvalue weighted by molar-refractivity contribution is -0.145. The van der Waals surface area contributed by atoms with Gasteiger partial charge in [-0.05, 0) is 12.8 Å². The maximum Gasteiger partial charge on any atom is 0.305 e. The van der Waals surface area contributed by atoms with E-state index in [1.54, 1.807) is 0 Å². The smallest absolute Gasteiger partial charge is 0.305 e. The molecule has 0 unspecified atom stereocenters. The minimum Gasteiger partial charge on any atom is -0.463 e. The van der Waals surface area contributed by atoms with Gasteiger partial charge < -0.3 is 28.4 Å². The molecule has 0 amide bonds. The fraction of sp³-hybridized carbons (Fsp3) is 0.964. The second-order valence-electron chi connectivity index (χ2n) is 8.92. The second kappa shape index (κ2) is 31.3. The normalized spacial score (nSPS) is 11.3. The van der Waals surface area contributed by atoms with Crippen LogP contribution in [-0.2, 0) is 33.2 Å². The first-order valence-electron chi connectivity index (χ1n) is 14.4. The molecule has 0 aromatic rings. The van der Waals surface area contributed by atoms with Crippen molar-refractivity contribution >= 4 is 5.97 Å². The molecule has 0 saturated heterocycles. The van der Waals surface area contributed by atoms with Crippen LogP contribution in [0.5, 0.6) is 0 Å². The molecule has 35 heavy (non-hydrogen) atoms. The van der Waals surface area contributed by atoms with Gasteiger partial charge >= 0.3 is 5.97 Å². The van der Waals surface area contributed by atoms with Crippen LogP contribution in [-0.4, -0.2) is 78.6 Å². The molecular weight excluding hydrogens is 448 g/mol. The van der Waals surface area contributed by atoms with Gasteiger partial charge in [0.25, 0.3) is 0 Å². The third kappa shape index (κ3) is 31.2. The summed E-state index contributed by atoms with van der Waals surface area (Å²) >= 11 is 0. The highest BCUT2D eigenvalue weighted by atomic mass is 16.6. The van der Waals surface area contributed by atoms with Crippen molar-refractivity contribution in [1.82, 2.24) is 0 Å². The topological polar surface area (TPSA) is 72.5 Å². The molecule has 0 spiro atoms. The van der Waals surface area contributed by atoms with Crippen molar-refractivity contribution in [3.05, 3.63) is 0 Å². The molecule has 0 N–H and O–H groups in total. The lowest BCUT2D eigenvalue weighted by Crippen LogP contribution is -2.15. The van der Waals surface area contributed by atoms with Gasteiger partial charge in [-0.1, -0.05) is 84.5 Å². The van der Waals surface area contributed by atoms with E-state index in [1.807, 2.05) is 0 Å². The van der Waals surface area contributed by atoms with Crippen LogP contribution in [0.15, 0.2) is 0 Å². The summed E-state index contributed by atoms with van der Waals surface area (Å²) in [6.45, 7) is 10.4. The van der Waals surface area contributed by atoms with Crippen molar-refractivity contribution in [2.45, 2.75) is 104 Å². The number of hydrogen-bond donors (Lipinski definition) is 0. The van der Waals surface area contributed by atoms with E-state index in [4.69, 9.17) is 28.4 Å². The molecule has 0 aromatic carbocycles. The number of hydrogen-bond acceptors (Lipinski definition) is 7. The fourth-order valence-electron chi connectivity index (χ4n) is 3.48. The van der Waals surface area contributed by atoms with Gasteiger partial charge in [-0.2, -0.15) is 0 Å². The van der Waals surface area contributed by atoms with Crippen LogP contribution in [0, 0.1) is 0 Å². The van der Waals surface area contributed by atoms with E-state index in [9.17, 15) is 4.79 Å². The van der Waals surface area contributed by atoms with Crippen molar-refractivity contribution in [2.24, 2.45) is 0 Å². The fourth-order valence-corrected chi connectivity index (χ4v) is 3.48. The van der Waals surface area contributed by atoms with Crippen LogP contribution in [0.3, 0.4) is 0 Å². The number of carbonyl (C=O) groups excluding carboxylic acids is 1. The lowest BCUT2D eigenvalue weighted by atomic mass is 10.1. The second-order valence-corrected chi connectivity index (χ2v) is 8.92. The number of rotatable bonds is 30. The third-order valence-corrected chi connectivity index (χ3v) is 5.61. The van der Waals surface area contributed by atoms with E-state index in [-0.39, 0.29) is 5.97 Å². The van der Waals surface area contributed by atoms with Crippen molar-refractivity contribution in [3.8, 4) is 0 Å². The van der Waals surface area contributed by atoms with E-state index in [1.165, 1.54) is 64.2 Å². The van der Waals surface area contributed by atoms with Gasteiger partial charge in [0, 0.05) is 13.0 Å². The van der Waals surface area contributed by atoms with Gasteiger partial charge in [-0.15, -0.1) is 0 Å². The zero-order valence-corrected chi connectivity index (χ0v) is 23.0. The Kier molecular flexibility index (Phi) is 30.6. The molecule has 0 aliphatic carbocycles. The summed E-state index contributed by atoms with van der Waals surface area (Å²) in [6, 6.07) is 0. The van der Waals surface area contributed by atoms with Crippen molar-refractivity contribution < 1.29 is 33.2 Å². The zero-order valence-electron chi connectivity index (χ0n) is 23.0. The quantitative estimate of drug-likeness (QED) is 0.0862. The van der Waals surface area contributed by atoms with E-state index in [0.29, 0.717) is 72.5 Å². The van der Waals surface area contributed by atoms with Gasteiger partial charge in [0.15, 0.2) is 0 Å². The Morgan fingerprint density at radius 3 is 1.20 bits per heavy atom. The molecule has 210 valence electrons.